The van der Waals surface area contributed by atoms with Crippen LogP contribution in [0.25, 0.3) is 5.57 Å². The number of ether oxygens (including phenoxy) is 4. The minimum Gasteiger partial charge on any atom is -0.503 e. The van der Waals surface area contributed by atoms with Gasteiger partial charge in [0.1, 0.15) is 17.1 Å². The molecule has 148 valence electrons. The van der Waals surface area contributed by atoms with Crippen LogP contribution in [0.15, 0.2) is 60.9 Å². The third-order valence-corrected chi connectivity index (χ3v) is 3.81. The van der Waals surface area contributed by atoms with Crippen molar-refractivity contribution in [3.63, 3.8) is 0 Å². The Labute approximate surface area is 171 Å². The predicted octanol–water partition coefficient (Wildman–Crippen LogP) is 4.27. The maximum Gasteiger partial charge on any atom is 0.344 e. The maximum atomic E-state index is 12.1. The Hall–Kier alpha value is -3.65. The number of carbonyl (C=O) groups excluding carboxylic acids is 1. The van der Waals surface area contributed by atoms with Gasteiger partial charge in [-0.3, -0.25) is 0 Å². The van der Waals surface area contributed by atoms with E-state index in [9.17, 15) is 4.79 Å². The number of esters is 1. The zero-order chi connectivity index (χ0) is 20.6. The van der Waals surface area contributed by atoms with Crippen LogP contribution in [0.4, 0.5) is 0 Å². The van der Waals surface area contributed by atoms with Gasteiger partial charge in [-0.25, -0.2) is 4.79 Å². The van der Waals surface area contributed by atoms with Crippen molar-refractivity contribution in [2.75, 3.05) is 14.2 Å². The first kappa shape index (κ1) is 20.1. The molecule has 0 amide bonds. The molecule has 3 rings (SSSR count). The van der Waals surface area contributed by atoms with Crippen molar-refractivity contribution in [3.05, 3.63) is 71.6 Å². The standard InChI is InChI=1S/C20H16ClN3O5/c1-26-12-15(19(25)27-2)14-10-6-7-11-16(14)29-18-17(21)23-24-20(22-18)28-13-8-4-3-5-9-13/h3-12H,1-2H3/b15-12+. The predicted molar refractivity (Wildman–Crippen MR) is 105 cm³/mol. The van der Waals surface area contributed by atoms with E-state index in [-0.39, 0.29) is 28.4 Å². The van der Waals surface area contributed by atoms with Gasteiger partial charge >= 0.3 is 12.0 Å². The van der Waals surface area contributed by atoms with E-state index in [1.807, 2.05) is 18.2 Å². The van der Waals surface area contributed by atoms with E-state index in [1.165, 1.54) is 20.5 Å². The van der Waals surface area contributed by atoms with E-state index in [2.05, 4.69) is 15.2 Å². The molecule has 0 fully saturated rings. The quantitative estimate of drug-likeness (QED) is 0.322. The first-order valence-corrected chi connectivity index (χ1v) is 8.72. The van der Waals surface area contributed by atoms with Gasteiger partial charge in [-0.1, -0.05) is 53.1 Å². The Bertz CT molecular complexity index is 1030. The lowest BCUT2D eigenvalue weighted by atomic mass is 10.1. The summed E-state index contributed by atoms with van der Waals surface area (Å²) in [5.41, 5.74) is 0.575. The summed E-state index contributed by atoms with van der Waals surface area (Å²) in [6, 6.07) is 15.7. The zero-order valence-electron chi connectivity index (χ0n) is 15.5. The second-order valence-electron chi connectivity index (χ2n) is 5.46. The summed E-state index contributed by atoms with van der Waals surface area (Å²) in [7, 11) is 2.69. The largest absolute Gasteiger partial charge is 0.503 e. The van der Waals surface area contributed by atoms with Crippen LogP contribution in [0.3, 0.4) is 0 Å². The number of methoxy groups -OCH3 is 2. The van der Waals surface area contributed by atoms with Crippen LogP contribution in [0.1, 0.15) is 5.56 Å². The summed E-state index contributed by atoms with van der Waals surface area (Å²) in [4.78, 5) is 16.3. The minimum absolute atomic E-state index is 0.0401. The van der Waals surface area contributed by atoms with Crippen LogP contribution >= 0.6 is 11.6 Å². The third kappa shape index (κ3) is 4.99. The van der Waals surface area contributed by atoms with Crippen molar-refractivity contribution in [1.29, 1.82) is 0 Å². The van der Waals surface area contributed by atoms with Crippen molar-refractivity contribution >= 4 is 23.1 Å². The van der Waals surface area contributed by atoms with Gasteiger partial charge < -0.3 is 18.9 Å². The maximum absolute atomic E-state index is 12.1. The summed E-state index contributed by atoms with van der Waals surface area (Å²) in [6.45, 7) is 0. The molecule has 0 aliphatic heterocycles. The molecule has 8 nitrogen and oxygen atoms in total. The fraction of sp³-hybridized carbons (Fsp3) is 0.100. The van der Waals surface area contributed by atoms with Crippen molar-refractivity contribution in [3.8, 4) is 23.4 Å². The Morgan fingerprint density at radius 1 is 0.966 bits per heavy atom. The Morgan fingerprint density at radius 2 is 1.69 bits per heavy atom. The van der Waals surface area contributed by atoms with Gasteiger partial charge in [-0.2, -0.15) is 4.98 Å². The molecule has 0 aliphatic rings. The molecule has 3 aromatic rings. The highest BCUT2D eigenvalue weighted by atomic mass is 35.5. The third-order valence-electron chi connectivity index (χ3n) is 3.57. The first-order valence-electron chi connectivity index (χ1n) is 8.34. The lowest BCUT2D eigenvalue weighted by Crippen LogP contribution is -2.06. The topological polar surface area (TPSA) is 92.7 Å². The summed E-state index contributed by atoms with van der Waals surface area (Å²) < 4.78 is 21.2. The average molecular weight is 414 g/mol. The zero-order valence-corrected chi connectivity index (χ0v) is 16.3. The number of benzene rings is 2. The van der Waals surface area contributed by atoms with E-state index in [4.69, 9.17) is 30.5 Å². The van der Waals surface area contributed by atoms with Crippen LogP contribution in [0, 0.1) is 0 Å². The number of rotatable bonds is 7. The molecule has 9 heteroatoms. The number of hydrogen-bond acceptors (Lipinski definition) is 8. The van der Waals surface area contributed by atoms with Gasteiger partial charge in [0, 0.05) is 5.56 Å². The minimum atomic E-state index is -0.595. The fourth-order valence-corrected chi connectivity index (χ4v) is 2.44. The van der Waals surface area contributed by atoms with E-state index in [1.54, 1.807) is 36.4 Å². The molecule has 0 aliphatic carbocycles. The van der Waals surface area contributed by atoms with Crippen molar-refractivity contribution in [2.24, 2.45) is 0 Å². The van der Waals surface area contributed by atoms with Crippen molar-refractivity contribution in [1.82, 2.24) is 15.2 Å². The second-order valence-corrected chi connectivity index (χ2v) is 5.82. The highest BCUT2D eigenvalue weighted by Crippen LogP contribution is 2.33. The molecule has 0 bridgehead atoms. The Balaban J connectivity index is 1.93. The average Bonchev–Trinajstić information content (AvgIpc) is 2.75. The number of aromatic nitrogens is 3. The summed E-state index contributed by atoms with van der Waals surface area (Å²) in [6.07, 6.45) is 1.26. The molecule has 0 radical (unpaired) electrons. The lowest BCUT2D eigenvalue weighted by molar-refractivity contribution is -0.133. The Morgan fingerprint density at radius 3 is 2.41 bits per heavy atom. The number of para-hydroxylation sites is 2. The molecule has 0 saturated heterocycles. The van der Waals surface area contributed by atoms with Crippen LogP contribution in [-0.4, -0.2) is 35.4 Å². The second kappa shape index (κ2) is 9.52. The molecule has 2 aromatic carbocycles. The van der Waals surface area contributed by atoms with E-state index in [0.717, 1.165) is 0 Å². The molecular weight excluding hydrogens is 398 g/mol. The number of nitrogens with zero attached hydrogens (tertiary/aromatic N) is 3. The van der Waals surface area contributed by atoms with Gasteiger partial charge in [0.05, 0.1) is 20.5 Å². The number of carbonyl (C=O) groups is 1. The summed E-state index contributed by atoms with van der Waals surface area (Å²) in [5.74, 6) is 0.179. The molecule has 0 N–H and O–H groups in total. The molecule has 1 aromatic heterocycles. The molecular formula is C20H16ClN3O5. The number of hydrogen-bond donors (Lipinski definition) is 0. The van der Waals surface area contributed by atoms with Gasteiger partial charge in [0.25, 0.3) is 5.88 Å². The smallest absolute Gasteiger partial charge is 0.344 e. The van der Waals surface area contributed by atoms with Crippen LogP contribution in [-0.2, 0) is 14.3 Å². The van der Waals surface area contributed by atoms with Crippen molar-refractivity contribution < 1.29 is 23.7 Å². The summed E-state index contributed by atoms with van der Waals surface area (Å²) in [5, 5.41) is 7.54. The molecule has 0 saturated carbocycles. The van der Waals surface area contributed by atoms with Gasteiger partial charge in [-0.05, 0) is 18.2 Å². The van der Waals surface area contributed by atoms with Crippen LogP contribution in [0.5, 0.6) is 23.4 Å². The van der Waals surface area contributed by atoms with Crippen molar-refractivity contribution in [2.45, 2.75) is 0 Å². The summed E-state index contributed by atoms with van der Waals surface area (Å²) >= 11 is 6.08. The molecule has 29 heavy (non-hydrogen) atoms. The van der Waals surface area contributed by atoms with Gasteiger partial charge in [0.2, 0.25) is 5.15 Å². The normalized spacial score (nSPS) is 10.9. The van der Waals surface area contributed by atoms with Crippen LogP contribution < -0.4 is 9.47 Å². The molecule has 0 spiro atoms. The SMILES string of the molecule is CO/C=C(/C(=O)OC)c1ccccc1Oc1nc(Oc2ccccc2)nnc1Cl. The van der Waals surface area contributed by atoms with Gasteiger partial charge in [-0.15, -0.1) is 5.10 Å². The van der Waals surface area contributed by atoms with Crippen LogP contribution in [0.2, 0.25) is 5.15 Å². The first-order chi connectivity index (χ1) is 14.1. The fourth-order valence-electron chi connectivity index (χ4n) is 2.32. The van der Waals surface area contributed by atoms with E-state index in [0.29, 0.717) is 11.3 Å². The number of halogens is 1. The molecule has 1 heterocycles. The monoisotopic (exact) mass is 413 g/mol. The lowest BCUT2D eigenvalue weighted by Gasteiger charge is -2.12. The van der Waals surface area contributed by atoms with E-state index < -0.39 is 5.97 Å². The highest BCUT2D eigenvalue weighted by Gasteiger charge is 2.20. The molecule has 0 unspecified atom stereocenters. The Kier molecular flexibility index (Phi) is 6.59. The van der Waals surface area contributed by atoms with E-state index >= 15 is 0 Å². The highest BCUT2D eigenvalue weighted by molar-refractivity contribution is 6.30. The van der Waals surface area contributed by atoms with Gasteiger partial charge in [0.15, 0.2) is 0 Å². The molecule has 0 atom stereocenters.